The van der Waals surface area contributed by atoms with Crippen molar-refractivity contribution in [2.75, 3.05) is 19.7 Å². The van der Waals surface area contributed by atoms with Crippen molar-refractivity contribution in [1.29, 1.82) is 0 Å². The predicted molar refractivity (Wildman–Crippen MR) is 101 cm³/mol. The number of aryl methyl sites for hydroxylation is 3. The molecular formula is C20H27N5O2. The first-order valence-electron chi connectivity index (χ1n) is 9.99. The van der Waals surface area contributed by atoms with Gasteiger partial charge in [0.05, 0.1) is 18.4 Å². The highest BCUT2D eigenvalue weighted by Gasteiger charge is 2.42. The summed E-state index contributed by atoms with van der Waals surface area (Å²) in [7, 11) is 0. The molecule has 5 rings (SSSR count). The van der Waals surface area contributed by atoms with Crippen LogP contribution in [0.15, 0.2) is 6.07 Å². The fraction of sp³-hybridized carbons (Fsp3) is 0.650. The van der Waals surface area contributed by atoms with Crippen LogP contribution in [-0.4, -0.2) is 63.3 Å². The van der Waals surface area contributed by atoms with Crippen molar-refractivity contribution in [3.05, 3.63) is 28.7 Å². The molecular weight excluding hydrogens is 342 g/mol. The lowest BCUT2D eigenvalue weighted by Crippen LogP contribution is -2.47. The number of hydrogen-bond acceptors (Lipinski definition) is 5. The van der Waals surface area contributed by atoms with E-state index in [1.165, 1.54) is 12.8 Å². The van der Waals surface area contributed by atoms with Gasteiger partial charge in [-0.1, -0.05) is 0 Å². The van der Waals surface area contributed by atoms with Gasteiger partial charge in [-0.3, -0.25) is 9.69 Å². The van der Waals surface area contributed by atoms with E-state index in [-0.39, 0.29) is 11.9 Å². The second-order valence-electron chi connectivity index (χ2n) is 8.46. The molecule has 1 amide bonds. The van der Waals surface area contributed by atoms with Gasteiger partial charge >= 0.3 is 0 Å². The minimum atomic E-state index is -0.0653. The van der Waals surface area contributed by atoms with Crippen molar-refractivity contribution in [3.63, 3.8) is 0 Å². The quantitative estimate of drug-likeness (QED) is 0.890. The van der Waals surface area contributed by atoms with Gasteiger partial charge in [0.2, 0.25) is 0 Å². The molecule has 0 unspecified atom stereocenters. The Morgan fingerprint density at radius 2 is 2.07 bits per heavy atom. The largest absolute Gasteiger partial charge is 0.375 e. The number of morpholine rings is 1. The Bertz CT molecular complexity index is 903. The van der Waals surface area contributed by atoms with Crippen LogP contribution in [0, 0.1) is 26.7 Å². The maximum absolute atomic E-state index is 13.1. The third-order valence-corrected chi connectivity index (χ3v) is 6.23. The maximum atomic E-state index is 13.1. The maximum Gasteiger partial charge on any atom is 0.257 e. The Labute approximate surface area is 159 Å². The minimum absolute atomic E-state index is 0.0653. The number of nitrogens with zero attached hydrogens (tertiary/aromatic N) is 4. The number of carbonyl (C=O) groups is 1. The fourth-order valence-electron chi connectivity index (χ4n) is 4.71. The van der Waals surface area contributed by atoms with Crippen molar-refractivity contribution in [3.8, 4) is 0 Å². The molecule has 2 aliphatic heterocycles. The van der Waals surface area contributed by atoms with E-state index in [1.54, 1.807) is 4.52 Å². The molecule has 3 fully saturated rings. The standard InChI is InChI=1S/C20H27N5O2/c1-11-6-12(2)25-19(21-11)18(13(3)23-25)20(26)22-15-7-16-10-27-17(14-4-5-14)9-24(16)8-15/h6,14-17H,4-5,7-10H2,1-3H3,(H,22,26)/t15-,16-,17+/m0/s1. The van der Waals surface area contributed by atoms with Gasteiger partial charge in [-0.05, 0) is 52.0 Å². The number of carbonyl (C=O) groups excluding carboxylic acids is 1. The normalized spacial score (nSPS) is 28.5. The summed E-state index contributed by atoms with van der Waals surface area (Å²) < 4.78 is 7.83. The summed E-state index contributed by atoms with van der Waals surface area (Å²) in [4.78, 5) is 20.1. The SMILES string of the molecule is Cc1cc(C)n2nc(C)c(C(=O)N[C@H]3C[C@H]4CO[C@@H](C5CC5)CN4C3)c2n1. The smallest absolute Gasteiger partial charge is 0.257 e. The Morgan fingerprint density at radius 1 is 1.26 bits per heavy atom. The number of amides is 1. The average molecular weight is 369 g/mol. The highest BCUT2D eigenvalue weighted by molar-refractivity contribution is 6.01. The third kappa shape index (κ3) is 3.02. The highest BCUT2D eigenvalue weighted by Crippen LogP contribution is 2.37. The van der Waals surface area contributed by atoms with Crippen molar-refractivity contribution >= 4 is 11.6 Å². The van der Waals surface area contributed by atoms with Gasteiger partial charge in [-0.25, -0.2) is 9.50 Å². The first-order chi connectivity index (χ1) is 13.0. The molecule has 144 valence electrons. The highest BCUT2D eigenvalue weighted by atomic mass is 16.5. The van der Waals surface area contributed by atoms with Crippen molar-refractivity contribution in [1.82, 2.24) is 24.8 Å². The summed E-state index contributed by atoms with van der Waals surface area (Å²) in [5.74, 6) is 0.697. The van der Waals surface area contributed by atoms with E-state index in [4.69, 9.17) is 4.74 Å². The van der Waals surface area contributed by atoms with E-state index in [2.05, 4.69) is 20.3 Å². The number of fused-ring (bicyclic) bond motifs is 2. The van der Waals surface area contributed by atoms with Crippen LogP contribution in [0.3, 0.4) is 0 Å². The molecule has 1 saturated carbocycles. The second-order valence-corrected chi connectivity index (χ2v) is 8.46. The Hall–Kier alpha value is -1.99. The topological polar surface area (TPSA) is 71.8 Å². The van der Waals surface area contributed by atoms with E-state index in [0.29, 0.717) is 23.4 Å². The van der Waals surface area contributed by atoms with Crippen LogP contribution in [0.5, 0.6) is 0 Å². The zero-order chi connectivity index (χ0) is 18.7. The Balaban J connectivity index is 1.33. The van der Waals surface area contributed by atoms with Crippen molar-refractivity contribution in [2.45, 2.75) is 58.2 Å². The molecule has 2 aromatic heterocycles. The molecule has 4 heterocycles. The number of aromatic nitrogens is 3. The Kier molecular flexibility index (Phi) is 3.98. The van der Waals surface area contributed by atoms with Crippen LogP contribution in [0.25, 0.3) is 5.65 Å². The van der Waals surface area contributed by atoms with Gasteiger partial charge in [0.15, 0.2) is 5.65 Å². The van der Waals surface area contributed by atoms with Gasteiger partial charge < -0.3 is 10.1 Å². The zero-order valence-corrected chi connectivity index (χ0v) is 16.2. The first-order valence-corrected chi connectivity index (χ1v) is 9.99. The molecule has 1 aliphatic carbocycles. The predicted octanol–water partition coefficient (Wildman–Crippen LogP) is 1.64. The molecule has 0 spiro atoms. The van der Waals surface area contributed by atoms with Gasteiger partial charge in [0.1, 0.15) is 5.56 Å². The summed E-state index contributed by atoms with van der Waals surface area (Å²) in [6, 6.07) is 2.56. The molecule has 2 saturated heterocycles. The number of rotatable bonds is 3. The van der Waals surface area contributed by atoms with Crippen molar-refractivity contribution < 1.29 is 9.53 Å². The molecule has 3 aliphatic rings. The van der Waals surface area contributed by atoms with E-state index < -0.39 is 0 Å². The van der Waals surface area contributed by atoms with Gasteiger partial charge in [0.25, 0.3) is 5.91 Å². The molecule has 1 N–H and O–H groups in total. The molecule has 2 aromatic rings. The summed E-state index contributed by atoms with van der Waals surface area (Å²) in [5.41, 5.74) is 3.85. The Morgan fingerprint density at radius 3 is 2.85 bits per heavy atom. The lowest BCUT2D eigenvalue weighted by Gasteiger charge is -2.35. The van der Waals surface area contributed by atoms with E-state index >= 15 is 0 Å². The summed E-state index contributed by atoms with van der Waals surface area (Å²) in [5, 5.41) is 7.76. The lowest BCUT2D eigenvalue weighted by molar-refractivity contribution is -0.0581. The molecule has 0 aromatic carbocycles. The van der Waals surface area contributed by atoms with Gasteiger partial charge in [-0.15, -0.1) is 0 Å². The lowest BCUT2D eigenvalue weighted by atomic mass is 10.1. The summed E-state index contributed by atoms with van der Waals surface area (Å²) in [6.45, 7) is 8.53. The molecule has 7 heteroatoms. The minimum Gasteiger partial charge on any atom is -0.375 e. The van der Waals surface area contributed by atoms with Crippen LogP contribution in [0.1, 0.15) is 46.7 Å². The third-order valence-electron chi connectivity index (χ3n) is 6.23. The zero-order valence-electron chi connectivity index (χ0n) is 16.2. The summed E-state index contributed by atoms with van der Waals surface area (Å²) in [6.07, 6.45) is 3.96. The van der Waals surface area contributed by atoms with Gasteiger partial charge in [-0.2, -0.15) is 5.10 Å². The number of ether oxygens (including phenoxy) is 1. The van der Waals surface area contributed by atoms with Crippen LogP contribution < -0.4 is 5.32 Å². The number of nitrogens with one attached hydrogen (secondary N) is 1. The first kappa shape index (κ1) is 17.1. The molecule has 7 nitrogen and oxygen atoms in total. The van der Waals surface area contributed by atoms with E-state index in [0.717, 1.165) is 49.1 Å². The molecule has 3 atom stereocenters. The monoisotopic (exact) mass is 369 g/mol. The fourth-order valence-corrected chi connectivity index (χ4v) is 4.71. The van der Waals surface area contributed by atoms with Crippen LogP contribution in [-0.2, 0) is 4.74 Å². The average Bonchev–Trinajstić information content (AvgIpc) is 3.30. The van der Waals surface area contributed by atoms with Crippen LogP contribution >= 0.6 is 0 Å². The molecule has 0 bridgehead atoms. The second kappa shape index (κ2) is 6.27. The molecule has 27 heavy (non-hydrogen) atoms. The van der Waals surface area contributed by atoms with E-state index in [9.17, 15) is 4.79 Å². The van der Waals surface area contributed by atoms with Crippen LogP contribution in [0.2, 0.25) is 0 Å². The summed E-state index contributed by atoms with van der Waals surface area (Å²) >= 11 is 0. The number of hydrogen-bond donors (Lipinski definition) is 1. The molecule has 0 radical (unpaired) electrons. The van der Waals surface area contributed by atoms with Crippen LogP contribution in [0.4, 0.5) is 0 Å². The van der Waals surface area contributed by atoms with Crippen molar-refractivity contribution in [2.24, 2.45) is 5.92 Å². The van der Waals surface area contributed by atoms with E-state index in [1.807, 2.05) is 26.8 Å². The van der Waals surface area contributed by atoms with Gasteiger partial charge in [0, 0.05) is 36.6 Å².